The standard InChI is InChI=1S/C21H25N3O3/c1-3-19-6-4-5-11-24(19)20(25)16-12-18(14-22-13-16)23-17-9-7-15(8-10-17)21(26)27-2/h7-10,12-14,19,23H,3-6,11H2,1-2H3. The van der Waals surface area contributed by atoms with Crippen molar-refractivity contribution in [2.75, 3.05) is 19.0 Å². The average Bonchev–Trinajstić information content (AvgIpc) is 2.73. The number of pyridine rings is 1. The lowest BCUT2D eigenvalue weighted by atomic mass is 9.99. The van der Waals surface area contributed by atoms with Gasteiger partial charge in [-0.1, -0.05) is 6.92 Å². The number of benzene rings is 1. The van der Waals surface area contributed by atoms with Crippen LogP contribution >= 0.6 is 0 Å². The Balaban J connectivity index is 1.73. The molecular weight excluding hydrogens is 342 g/mol. The van der Waals surface area contributed by atoms with Crippen LogP contribution in [0.4, 0.5) is 11.4 Å². The number of anilines is 2. The maximum Gasteiger partial charge on any atom is 0.337 e. The number of methoxy groups -OCH3 is 1. The van der Waals surface area contributed by atoms with Gasteiger partial charge in [0, 0.05) is 24.5 Å². The van der Waals surface area contributed by atoms with E-state index >= 15 is 0 Å². The molecule has 1 fully saturated rings. The summed E-state index contributed by atoms with van der Waals surface area (Å²) in [6, 6.07) is 9.10. The van der Waals surface area contributed by atoms with Gasteiger partial charge >= 0.3 is 5.97 Å². The van der Waals surface area contributed by atoms with Gasteiger partial charge in [0.25, 0.3) is 5.91 Å². The van der Waals surface area contributed by atoms with Crippen LogP contribution in [0.2, 0.25) is 0 Å². The Bertz CT molecular complexity index is 805. The van der Waals surface area contributed by atoms with E-state index in [0.717, 1.165) is 37.2 Å². The third-order valence-corrected chi connectivity index (χ3v) is 4.94. The van der Waals surface area contributed by atoms with Crippen molar-refractivity contribution in [1.29, 1.82) is 0 Å². The molecule has 1 aliphatic rings. The fourth-order valence-corrected chi connectivity index (χ4v) is 3.46. The number of likely N-dealkylation sites (tertiary alicyclic amines) is 1. The summed E-state index contributed by atoms with van der Waals surface area (Å²) >= 11 is 0. The number of piperidine rings is 1. The molecule has 1 N–H and O–H groups in total. The molecule has 3 rings (SSSR count). The highest BCUT2D eigenvalue weighted by atomic mass is 16.5. The second kappa shape index (κ2) is 8.66. The zero-order valence-electron chi connectivity index (χ0n) is 15.8. The highest BCUT2D eigenvalue weighted by Gasteiger charge is 2.26. The van der Waals surface area contributed by atoms with Crippen molar-refractivity contribution in [1.82, 2.24) is 9.88 Å². The smallest absolute Gasteiger partial charge is 0.337 e. The van der Waals surface area contributed by atoms with E-state index in [1.165, 1.54) is 13.5 Å². The Hall–Kier alpha value is -2.89. The molecule has 2 heterocycles. The normalized spacial score (nSPS) is 16.7. The van der Waals surface area contributed by atoms with Gasteiger partial charge < -0.3 is 15.0 Å². The van der Waals surface area contributed by atoms with E-state index in [-0.39, 0.29) is 11.9 Å². The molecule has 0 aliphatic carbocycles. The van der Waals surface area contributed by atoms with Crippen LogP contribution in [-0.4, -0.2) is 41.5 Å². The van der Waals surface area contributed by atoms with E-state index in [4.69, 9.17) is 4.74 Å². The second-order valence-electron chi connectivity index (χ2n) is 6.71. The lowest BCUT2D eigenvalue weighted by Crippen LogP contribution is -2.43. The van der Waals surface area contributed by atoms with Crippen molar-refractivity contribution in [3.05, 3.63) is 53.9 Å². The van der Waals surface area contributed by atoms with E-state index in [9.17, 15) is 9.59 Å². The maximum absolute atomic E-state index is 12.9. The summed E-state index contributed by atoms with van der Waals surface area (Å²) in [5, 5.41) is 3.23. The van der Waals surface area contributed by atoms with Gasteiger partial charge in [0.1, 0.15) is 0 Å². The van der Waals surface area contributed by atoms with Gasteiger partial charge in [-0.15, -0.1) is 0 Å². The molecule has 27 heavy (non-hydrogen) atoms. The summed E-state index contributed by atoms with van der Waals surface area (Å²) < 4.78 is 4.70. The summed E-state index contributed by atoms with van der Waals surface area (Å²) in [6.45, 7) is 2.94. The molecule has 142 valence electrons. The maximum atomic E-state index is 12.9. The molecule has 2 aromatic rings. The van der Waals surface area contributed by atoms with Gasteiger partial charge in [-0.3, -0.25) is 9.78 Å². The number of esters is 1. The van der Waals surface area contributed by atoms with Crippen LogP contribution in [0, 0.1) is 0 Å². The zero-order chi connectivity index (χ0) is 19.2. The molecule has 0 spiro atoms. The molecule has 6 heteroatoms. The molecule has 1 amide bonds. The molecule has 1 aliphatic heterocycles. The number of carbonyl (C=O) groups excluding carboxylic acids is 2. The summed E-state index contributed by atoms with van der Waals surface area (Å²) in [7, 11) is 1.36. The Morgan fingerprint density at radius 1 is 1.15 bits per heavy atom. The molecule has 1 unspecified atom stereocenters. The quantitative estimate of drug-likeness (QED) is 0.808. The fourth-order valence-electron chi connectivity index (χ4n) is 3.46. The highest BCUT2D eigenvalue weighted by Crippen LogP contribution is 2.23. The Labute approximate surface area is 159 Å². The van der Waals surface area contributed by atoms with Gasteiger partial charge in [0.05, 0.1) is 30.1 Å². The third kappa shape index (κ3) is 4.45. The van der Waals surface area contributed by atoms with E-state index in [2.05, 4.69) is 17.2 Å². The lowest BCUT2D eigenvalue weighted by Gasteiger charge is -2.35. The van der Waals surface area contributed by atoms with Gasteiger partial charge in [-0.25, -0.2) is 4.79 Å². The van der Waals surface area contributed by atoms with Crippen molar-refractivity contribution in [2.24, 2.45) is 0 Å². The van der Waals surface area contributed by atoms with Crippen molar-refractivity contribution in [2.45, 2.75) is 38.6 Å². The molecular formula is C21H25N3O3. The molecule has 0 radical (unpaired) electrons. The number of ether oxygens (including phenoxy) is 1. The van der Waals surface area contributed by atoms with E-state index in [0.29, 0.717) is 17.2 Å². The van der Waals surface area contributed by atoms with Crippen molar-refractivity contribution < 1.29 is 14.3 Å². The zero-order valence-corrected chi connectivity index (χ0v) is 15.8. The predicted octanol–water partition coefficient (Wildman–Crippen LogP) is 4.02. The van der Waals surface area contributed by atoms with Gasteiger partial charge in [-0.2, -0.15) is 0 Å². The van der Waals surface area contributed by atoms with Crippen LogP contribution in [0.25, 0.3) is 0 Å². The predicted molar refractivity (Wildman–Crippen MR) is 104 cm³/mol. The van der Waals surface area contributed by atoms with Crippen molar-refractivity contribution >= 4 is 23.3 Å². The number of amides is 1. The first kappa shape index (κ1) is 18.9. The molecule has 0 saturated carbocycles. The number of hydrogen-bond donors (Lipinski definition) is 1. The minimum atomic E-state index is -0.372. The van der Waals surface area contributed by atoms with Crippen molar-refractivity contribution in [3.8, 4) is 0 Å². The lowest BCUT2D eigenvalue weighted by molar-refractivity contribution is 0.0595. The number of nitrogens with one attached hydrogen (secondary N) is 1. The Kier molecular flexibility index (Phi) is 6.06. The minimum Gasteiger partial charge on any atom is -0.465 e. The SMILES string of the molecule is CCC1CCCCN1C(=O)c1cncc(Nc2ccc(C(=O)OC)cc2)c1. The topological polar surface area (TPSA) is 71.5 Å². The third-order valence-electron chi connectivity index (χ3n) is 4.94. The Morgan fingerprint density at radius 2 is 1.93 bits per heavy atom. The van der Waals surface area contributed by atoms with E-state index in [1.807, 2.05) is 11.0 Å². The summed E-state index contributed by atoms with van der Waals surface area (Å²) in [5.41, 5.74) is 2.61. The molecule has 6 nitrogen and oxygen atoms in total. The van der Waals surface area contributed by atoms with Crippen molar-refractivity contribution in [3.63, 3.8) is 0 Å². The average molecular weight is 367 g/mol. The molecule has 0 bridgehead atoms. The molecule has 1 aromatic carbocycles. The number of rotatable bonds is 5. The Morgan fingerprint density at radius 3 is 2.63 bits per heavy atom. The van der Waals surface area contributed by atoms with Gasteiger partial charge in [0.2, 0.25) is 0 Å². The van der Waals surface area contributed by atoms with E-state index < -0.39 is 0 Å². The summed E-state index contributed by atoms with van der Waals surface area (Å²) in [4.78, 5) is 30.6. The number of carbonyl (C=O) groups is 2. The van der Waals surface area contributed by atoms with Crippen LogP contribution in [0.15, 0.2) is 42.7 Å². The number of aromatic nitrogens is 1. The van der Waals surface area contributed by atoms with Gasteiger partial charge in [-0.05, 0) is 56.0 Å². The van der Waals surface area contributed by atoms with Crippen LogP contribution in [0.5, 0.6) is 0 Å². The largest absolute Gasteiger partial charge is 0.465 e. The fraction of sp³-hybridized carbons (Fsp3) is 0.381. The summed E-state index contributed by atoms with van der Waals surface area (Å²) in [6.07, 6.45) is 7.58. The second-order valence-corrected chi connectivity index (χ2v) is 6.71. The first-order valence-electron chi connectivity index (χ1n) is 9.33. The van der Waals surface area contributed by atoms with Gasteiger partial charge in [0.15, 0.2) is 0 Å². The molecule has 1 saturated heterocycles. The first-order chi connectivity index (χ1) is 13.1. The van der Waals surface area contributed by atoms with Crippen LogP contribution in [0.1, 0.15) is 53.3 Å². The minimum absolute atomic E-state index is 0.0405. The summed E-state index contributed by atoms with van der Waals surface area (Å²) in [5.74, 6) is -0.332. The highest BCUT2D eigenvalue weighted by molar-refractivity contribution is 5.95. The van der Waals surface area contributed by atoms with Crippen LogP contribution in [-0.2, 0) is 4.74 Å². The number of nitrogens with zero attached hydrogens (tertiary/aromatic N) is 2. The number of hydrogen-bond acceptors (Lipinski definition) is 5. The monoisotopic (exact) mass is 367 g/mol. The van der Waals surface area contributed by atoms with Crippen LogP contribution in [0.3, 0.4) is 0 Å². The van der Waals surface area contributed by atoms with Crippen LogP contribution < -0.4 is 5.32 Å². The first-order valence-corrected chi connectivity index (χ1v) is 9.33. The molecule has 1 atom stereocenters. The molecule has 1 aromatic heterocycles. The van der Waals surface area contributed by atoms with E-state index in [1.54, 1.807) is 36.7 Å².